The monoisotopic (exact) mass is 705 g/mol. The van der Waals surface area contributed by atoms with Crippen molar-refractivity contribution in [1.29, 1.82) is 0 Å². The molecule has 0 heterocycles. The Hall–Kier alpha value is -7.03. The van der Waals surface area contributed by atoms with E-state index in [0.717, 1.165) is 39.1 Å². The van der Waals surface area contributed by atoms with Crippen molar-refractivity contribution in [2.75, 3.05) is 4.90 Å². The Labute approximate surface area is 321 Å². The van der Waals surface area contributed by atoms with E-state index in [1.54, 1.807) is 6.07 Å². The van der Waals surface area contributed by atoms with Gasteiger partial charge in [-0.3, -0.25) is 0 Å². The van der Waals surface area contributed by atoms with Gasteiger partial charge in [-0.25, -0.2) is 4.39 Å². The normalized spacial score (nSPS) is 12.6. The SMILES string of the molecule is Fc1cccc2c3c(ccc12)C(c1ccccc1)(c1ccccc1)c1cc(N(c2ccc(-c4ccccc4)cc2)c2ccc(-c4ccccc4)cc2)ccc1-3. The number of anilines is 3. The lowest BCUT2D eigenvalue weighted by Gasteiger charge is -2.35. The van der Waals surface area contributed by atoms with Gasteiger partial charge in [0.25, 0.3) is 0 Å². The number of hydrogen-bond donors (Lipinski definition) is 0. The third-order valence-corrected chi connectivity index (χ3v) is 11.2. The van der Waals surface area contributed by atoms with Gasteiger partial charge in [-0.2, -0.15) is 0 Å². The summed E-state index contributed by atoms with van der Waals surface area (Å²) in [4.78, 5) is 2.35. The van der Waals surface area contributed by atoms with Gasteiger partial charge < -0.3 is 4.90 Å². The van der Waals surface area contributed by atoms with E-state index in [0.29, 0.717) is 5.39 Å². The largest absolute Gasteiger partial charge is 0.310 e. The molecule has 9 aromatic rings. The van der Waals surface area contributed by atoms with Crippen LogP contribution < -0.4 is 4.90 Å². The number of rotatable bonds is 7. The molecule has 0 amide bonds. The molecule has 1 nitrogen and oxygen atoms in total. The molecule has 0 atom stereocenters. The quantitative estimate of drug-likeness (QED) is 0.160. The molecule has 2 heteroatoms. The predicted octanol–water partition coefficient (Wildman–Crippen LogP) is 14.1. The molecule has 0 unspecified atom stereocenters. The van der Waals surface area contributed by atoms with Gasteiger partial charge in [0, 0.05) is 22.4 Å². The molecule has 1 aliphatic rings. The van der Waals surface area contributed by atoms with Crippen LogP contribution in [0.4, 0.5) is 21.5 Å². The average Bonchev–Trinajstić information content (AvgIpc) is 3.56. The van der Waals surface area contributed by atoms with Gasteiger partial charge in [-0.05, 0) is 103 Å². The van der Waals surface area contributed by atoms with Crippen molar-refractivity contribution in [2.45, 2.75) is 5.41 Å². The molecule has 0 bridgehead atoms. The van der Waals surface area contributed by atoms with Crippen LogP contribution in [0.5, 0.6) is 0 Å². The number of hydrogen-bond acceptors (Lipinski definition) is 1. The van der Waals surface area contributed by atoms with Crippen LogP contribution in [-0.4, -0.2) is 0 Å². The molecule has 1 aliphatic carbocycles. The lowest BCUT2D eigenvalue weighted by Crippen LogP contribution is -2.28. The van der Waals surface area contributed by atoms with Crippen LogP contribution in [0.25, 0.3) is 44.2 Å². The average molecular weight is 706 g/mol. The summed E-state index contributed by atoms with van der Waals surface area (Å²) in [5.74, 6) is -0.209. The minimum absolute atomic E-state index is 0.209. The zero-order valence-corrected chi connectivity index (χ0v) is 30.1. The molecule has 0 saturated heterocycles. The lowest BCUT2D eigenvalue weighted by molar-refractivity contribution is 0.640. The van der Waals surface area contributed by atoms with Gasteiger partial charge in [-0.15, -0.1) is 0 Å². The molecule has 10 rings (SSSR count). The maximum absolute atomic E-state index is 15.5. The fourth-order valence-electron chi connectivity index (χ4n) is 8.75. The van der Waals surface area contributed by atoms with Gasteiger partial charge in [0.1, 0.15) is 5.82 Å². The number of nitrogens with zero attached hydrogens (tertiary/aromatic N) is 1. The summed E-state index contributed by atoms with van der Waals surface area (Å²) in [5.41, 5.74) is 14.0. The summed E-state index contributed by atoms with van der Waals surface area (Å²) in [6.07, 6.45) is 0. The van der Waals surface area contributed by atoms with E-state index >= 15 is 4.39 Å². The van der Waals surface area contributed by atoms with Crippen molar-refractivity contribution in [3.63, 3.8) is 0 Å². The van der Waals surface area contributed by atoms with E-state index in [4.69, 9.17) is 0 Å². The molecular weight excluding hydrogens is 670 g/mol. The second-order valence-corrected chi connectivity index (χ2v) is 14.2. The third-order valence-electron chi connectivity index (χ3n) is 11.2. The van der Waals surface area contributed by atoms with Crippen LogP contribution >= 0.6 is 0 Å². The van der Waals surface area contributed by atoms with E-state index in [9.17, 15) is 0 Å². The van der Waals surface area contributed by atoms with Gasteiger partial charge in [-0.1, -0.05) is 176 Å². The van der Waals surface area contributed by atoms with Gasteiger partial charge in [0.2, 0.25) is 0 Å². The highest BCUT2D eigenvalue weighted by Crippen LogP contribution is 2.59. The van der Waals surface area contributed by atoms with E-state index in [-0.39, 0.29) is 5.82 Å². The highest BCUT2D eigenvalue weighted by atomic mass is 19.1. The number of benzene rings is 9. The molecule has 9 aromatic carbocycles. The molecule has 55 heavy (non-hydrogen) atoms. The van der Waals surface area contributed by atoms with E-state index in [2.05, 4.69) is 205 Å². The first-order valence-corrected chi connectivity index (χ1v) is 18.8. The maximum atomic E-state index is 15.5. The Kier molecular flexibility index (Phi) is 7.96. The number of fused-ring (bicyclic) bond motifs is 5. The smallest absolute Gasteiger partial charge is 0.131 e. The van der Waals surface area contributed by atoms with Crippen LogP contribution in [0.3, 0.4) is 0 Å². The second-order valence-electron chi connectivity index (χ2n) is 14.2. The minimum Gasteiger partial charge on any atom is -0.310 e. The van der Waals surface area contributed by atoms with Crippen molar-refractivity contribution in [1.82, 2.24) is 0 Å². The maximum Gasteiger partial charge on any atom is 0.131 e. The first-order valence-electron chi connectivity index (χ1n) is 18.8. The van der Waals surface area contributed by atoms with Crippen molar-refractivity contribution in [3.8, 4) is 33.4 Å². The Bertz CT molecular complexity index is 2660. The first kappa shape index (κ1) is 32.6. The van der Waals surface area contributed by atoms with Crippen LogP contribution in [0, 0.1) is 5.82 Å². The Balaban J connectivity index is 1.23. The molecule has 0 saturated carbocycles. The van der Waals surface area contributed by atoms with Gasteiger partial charge in [0.05, 0.1) is 5.41 Å². The van der Waals surface area contributed by atoms with Gasteiger partial charge >= 0.3 is 0 Å². The van der Waals surface area contributed by atoms with Crippen LogP contribution in [0.1, 0.15) is 22.3 Å². The summed E-state index contributed by atoms with van der Waals surface area (Å²) in [6.45, 7) is 0. The molecule has 0 radical (unpaired) electrons. The molecule has 0 aromatic heterocycles. The summed E-state index contributed by atoms with van der Waals surface area (Å²) >= 11 is 0. The third kappa shape index (κ3) is 5.37. The van der Waals surface area contributed by atoms with Crippen LogP contribution in [-0.2, 0) is 5.41 Å². The molecule has 260 valence electrons. The summed E-state index contributed by atoms with van der Waals surface area (Å²) in [6, 6.07) is 76.7. The molecule has 0 aliphatic heterocycles. The van der Waals surface area contributed by atoms with Crippen molar-refractivity contribution < 1.29 is 4.39 Å². The lowest BCUT2D eigenvalue weighted by atomic mass is 9.67. The number of halogens is 1. The topological polar surface area (TPSA) is 3.24 Å². The summed E-state index contributed by atoms with van der Waals surface area (Å²) in [5, 5.41) is 1.55. The molecule has 0 N–H and O–H groups in total. The highest BCUT2D eigenvalue weighted by Gasteiger charge is 2.47. The molecule has 0 spiro atoms. The van der Waals surface area contributed by atoms with Crippen molar-refractivity contribution >= 4 is 27.8 Å². The van der Waals surface area contributed by atoms with Crippen molar-refractivity contribution in [2.24, 2.45) is 0 Å². The fourth-order valence-corrected chi connectivity index (χ4v) is 8.75. The molecule has 0 fully saturated rings. The standard InChI is InChI=1S/C53H36FN/c54-51-23-13-22-47-46(51)34-35-49-52(47)48-33-32-45(36-50(48)53(49,41-18-9-3-10-19-41)42-20-11-4-12-21-42)55(43-28-24-39(25-29-43)37-14-5-1-6-15-37)44-30-26-40(27-31-44)38-16-7-2-8-17-38/h1-36H. The van der Waals surface area contributed by atoms with E-state index < -0.39 is 5.41 Å². The van der Waals surface area contributed by atoms with Crippen molar-refractivity contribution in [3.05, 3.63) is 246 Å². The Morgan fingerprint density at radius 3 is 1.35 bits per heavy atom. The second kappa shape index (κ2) is 13.4. The zero-order chi connectivity index (χ0) is 36.8. The van der Waals surface area contributed by atoms with Gasteiger partial charge in [0.15, 0.2) is 0 Å². The minimum atomic E-state index is -0.649. The van der Waals surface area contributed by atoms with E-state index in [1.807, 2.05) is 12.1 Å². The highest BCUT2D eigenvalue weighted by molar-refractivity contribution is 6.05. The Morgan fingerprint density at radius 2 is 0.818 bits per heavy atom. The molecular formula is C53H36FN. The summed E-state index contributed by atoms with van der Waals surface area (Å²) < 4.78 is 15.5. The summed E-state index contributed by atoms with van der Waals surface area (Å²) in [7, 11) is 0. The van der Waals surface area contributed by atoms with E-state index in [1.165, 1.54) is 38.9 Å². The first-order chi connectivity index (χ1) is 27.2. The Morgan fingerprint density at radius 1 is 0.345 bits per heavy atom. The zero-order valence-electron chi connectivity index (χ0n) is 30.1. The predicted molar refractivity (Wildman–Crippen MR) is 227 cm³/mol. The van der Waals surface area contributed by atoms with Crippen LogP contribution in [0.15, 0.2) is 218 Å². The van der Waals surface area contributed by atoms with Crippen LogP contribution in [0.2, 0.25) is 0 Å². The fraction of sp³-hybridized carbons (Fsp3) is 0.0189.